The number of rotatable bonds is 7. The molecule has 0 saturated carbocycles. The first-order valence-electron chi connectivity index (χ1n) is 10.3. The van der Waals surface area contributed by atoms with Crippen molar-refractivity contribution in [2.45, 2.75) is 38.3 Å². The fourth-order valence-corrected chi connectivity index (χ4v) is 4.70. The molecule has 1 aliphatic heterocycles. The van der Waals surface area contributed by atoms with Gasteiger partial charge in [-0.1, -0.05) is 30.3 Å². The van der Waals surface area contributed by atoms with Crippen LogP contribution in [0.2, 0.25) is 0 Å². The van der Waals surface area contributed by atoms with Crippen LogP contribution >= 0.6 is 0 Å². The number of hydrogen-bond donors (Lipinski definition) is 1. The van der Waals surface area contributed by atoms with Crippen molar-refractivity contribution in [3.63, 3.8) is 0 Å². The molecule has 2 aromatic carbocycles. The van der Waals surface area contributed by atoms with Crippen molar-refractivity contribution in [3.05, 3.63) is 59.7 Å². The van der Waals surface area contributed by atoms with Gasteiger partial charge in [0.05, 0.1) is 24.9 Å². The standard InChI is InChI=1S/C22H24F4N2O4S/c1-3-32-21(29)28-13-22(25,26)20(27-33(30,31)4-2)18(28)12-15-8-6-10-17(19(15)24)14-7-5-9-16(23)11-14/h5-11,18,20,27H,3-4,12-13H2,1-2H3/t18-,20+/m0/s1. The number of hydrogen-bond acceptors (Lipinski definition) is 4. The number of halogens is 4. The molecular weight excluding hydrogens is 464 g/mol. The molecule has 1 saturated heterocycles. The highest BCUT2D eigenvalue weighted by molar-refractivity contribution is 7.89. The number of nitrogens with one attached hydrogen (secondary N) is 1. The maximum Gasteiger partial charge on any atom is 0.410 e. The van der Waals surface area contributed by atoms with E-state index in [2.05, 4.69) is 0 Å². The highest BCUT2D eigenvalue weighted by Gasteiger charge is 2.57. The molecule has 0 spiro atoms. The molecule has 1 N–H and O–H groups in total. The first kappa shape index (κ1) is 25.0. The largest absolute Gasteiger partial charge is 0.450 e. The van der Waals surface area contributed by atoms with Gasteiger partial charge in [0.15, 0.2) is 0 Å². The summed E-state index contributed by atoms with van der Waals surface area (Å²) in [7, 11) is -4.07. The van der Waals surface area contributed by atoms with Crippen molar-refractivity contribution >= 4 is 16.1 Å². The first-order valence-corrected chi connectivity index (χ1v) is 12.0. The summed E-state index contributed by atoms with van der Waals surface area (Å²) in [6.45, 7) is 1.62. The van der Waals surface area contributed by atoms with E-state index in [1.54, 1.807) is 0 Å². The molecule has 6 nitrogen and oxygen atoms in total. The summed E-state index contributed by atoms with van der Waals surface area (Å²) in [6, 6.07) is 6.08. The van der Waals surface area contributed by atoms with Gasteiger partial charge in [-0.15, -0.1) is 0 Å². The summed E-state index contributed by atoms with van der Waals surface area (Å²) in [5, 5.41) is 0. The van der Waals surface area contributed by atoms with Gasteiger partial charge in [-0.2, -0.15) is 0 Å². The Morgan fingerprint density at radius 3 is 2.52 bits per heavy atom. The lowest BCUT2D eigenvalue weighted by molar-refractivity contribution is -0.00647. The SMILES string of the molecule is CCOC(=O)N1CC(F)(F)[C@H](NS(=O)(=O)CC)[C@@H]1Cc1cccc(-c2cccc(F)c2)c1F. The topological polar surface area (TPSA) is 75.7 Å². The molecule has 3 rings (SSSR count). The maximum atomic E-state index is 15.4. The number of likely N-dealkylation sites (tertiary alicyclic amines) is 1. The van der Waals surface area contributed by atoms with E-state index < -0.39 is 64.5 Å². The second kappa shape index (κ2) is 9.68. The van der Waals surface area contributed by atoms with Gasteiger partial charge in [0.25, 0.3) is 5.92 Å². The second-order valence-corrected chi connectivity index (χ2v) is 9.69. The van der Waals surface area contributed by atoms with E-state index in [1.165, 1.54) is 50.2 Å². The van der Waals surface area contributed by atoms with Gasteiger partial charge < -0.3 is 4.74 Å². The van der Waals surface area contributed by atoms with Gasteiger partial charge in [0.2, 0.25) is 10.0 Å². The van der Waals surface area contributed by atoms with Crippen LogP contribution in [-0.2, 0) is 21.2 Å². The maximum absolute atomic E-state index is 15.4. The lowest BCUT2D eigenvalue weighted by Crippen LogP contribution is -2.52. The Morgan fingerprint density at radius 1 is 1.18 bits per heavy atom. The zero-order valence-electron chi connectivity index (χ0n) is 18.0. The van der Waals surface area contributed by atoms with Crippen LogP contribution in [-0.4, -0.2) is 56.3 Å². The number of ether oxygens (including phenoxy) is 1. The predicted molar refractivity (Wildman–Crippen MR) is 114 cm³/mol. The van der Waals surface area contributed by atoms with Crippen molar-refractivity contribution in [2.75, 3.05) is 18.9 Å². The van der Waals surface area contributed by atoms with Crippen LogP contribution in [0.3, 0.4) is 0 Å². The molecule has 2 aromatic rings. The molecule has 0 aromatic heterocycles. The van der Waals surface area contributed by atoms with Crippen LogP contribution in [0.5, 0.6) is 0 Å². The van der Waals surface area contributed by atoms with Crippen molar-refractivity contribution in [1.29, 1.82) is 0 Å². The van der Waals surface area contributed by atoms with E-state index in [0.717, 1.165) is 11.0 Å². The van der Waals surface area contributed by atoms with Crippen LogP contribution in [0.1, 0.15) is 19.4 Å². The van der Waals surface area contributed by atoms with Crippen molar-refractivity contribution < 1.29 is 35.5 Å². The van der Waals surface area contributed by atoms with Crippen LogP contribution < -0.4 is 4.72 Å². The van der Waals surface area contributed by atoms with E-state index in [9.17, 15) is 26.4 Å². The van der Waals surface area contributed by atoms with E-state index >= 15 is 4.39 Å². The van der Waals surface area contributed by atoms with Crippen LogP contribution in [0.25, 0.3) is 11.1 Å². The van der Waals surface area contributed by atoms with E-state index in [1.807, 2.05) is 4.72 Å². The Hall–Kier alpha value is -2.66. The smallest absolute Gasteiger partial charge is 0.410 e. The summed E-state index contributed by atoms with van der Waals surface area (Å²) >= 11 is 0. The van der Waals surface area contributed by atoms with Crippen molar-refractivity contribution in [2.24, 2.45) is 0 Å². The van der Waals surface area contributed by atoms with Gasteiger partial charge in [0, 0.05) is 5.56 Å². The molecule has 33 heavy (non-hydrogen) atoms. The molecule has 1 fully saturated rings. The minimum atomic E-state index is -4.07. The lowest BCUT2D eigenvalue weighted by atomic mass is 9.95. The predicted octanol–water partition coefficient (Wildman–Crippen LogP) is 3.96. The Balaban J connectivity index is 2.03. The minimum absolute atomic E-state index is 0.0329. The molecule has 0 bridgehead atoms. The van der Waals surface area contributed by atoms with E-state index in [4.69, 9.17) is 4.74 Å². The zero-order chi connectivity index (χ0) is 24.4. The third-order valence-corrected chi connectivity index (χ3v) is 6.83. The third-order valence-electron chi connectivity index (χ3n) is 5.45. The van der Waals surface area contributed by atoms with E-state index in [-0.39, 0.29) is 23.3 Å². The lowest BCUT2D eigenvalue weighted by Gasteiger charge is -2.28. The third kappa shape index (κ3) is 5.47. The first-order chi connectivity index (χ1) is 15.5. The Labute approximate surface area is 189 Å². The van der Waals surface area contributed by atoms with E-state index in [0.29, 0.717) is 0 Å². The monoisotopic (exact) mass is 488 g/mol. The second-order valence-electron chi connectivity index (χ2n) is 7.65. The average Bonchev–Trinajstić information content (AvgIpc) is 2.99. The van der Waals surface area contributed by atoms with Gasteiger partial charge in [-0.3, -0.25) is 4.90 Å². The Kier molecular flexibility index (Phi) is 7.32. The average molecular weight is 489 g/mol. The fourth-order valence-electron chi connectivity index (χ4n) is 3.82. The van der Waals surface area contributed by atoms with Crippen molar-refractivity contribution in [1.82, 2.24) is 9.62 Å². The molecule has 1 aliphatic rings. The minimum Gasteiger partial charge on any atom is -0.450 e. The van der Waals surface area contributed by atoms with Crippen LogP contribution in [0.15, 0.2) is 42.5 Å². The molecule has 0 unspecified atom stereocenters. The number of sulfonamides is 1. The summed E-state index contributed by atoms with van der Waals surface area (Å²) in [5.41, 5.74) is 0.260. The van der Waals surface area contributed by atoms with Crippen molar-refractivity contribution in [3.8, 4) is 11.1 Å². The highest BCUT2D eigenvalue weighted by atomic mass is 32.2. The number of benzene rings is 2. The molecule has 0 aliphatic carbocycles. The van der Waals surface area contributed by atoms with Gasteiger partial charge >= 0.3 is 6.09 Å². The number of alkyl halides is 2. The molecule has 180 valence electrons. The Morgan fingerprint density at radius 2 is 1.88 bits per heavy atom. The Bertz CT molecular complexity index is 1130. The fraction of sp³-hybridized carbons (Fsp3) is 0.409. The van der Waals surface area contributed by atoms with Gasteiger partial charge in [-0.25, -0.2) is 35.5 Å². The number of carbonyl (C=O) groups excluding carboxylic acids is 1. The number of nitrogens with zero attached hydrogens (tertiary/aromatic N) is 1. The highest BCUT2D eigenvalue weighted by Crippen LogP contribution is 2.36. The summed E-state index contributed by atoms with van der Waals surface area (Å²) in [5.74, 6) is -5.42. The molecule has 11 heteroatoms. The number of carbonyl (C=O) groups is 1. The van der Waals surface area contributed by atoms with Crippen LogP contribution in [0, 0.1) is 11.6 Å². The van der Waals surface area contributed by atoms with Gasteiger partial charge in [0.1, 0.15) is 17.7 Å². The normalized spacial score (nSPS) is 20.1. The molecule has 1 amide bonds. The summed E-state index contributed by atoms with van der Waals surface area (Å²) in [6.07, 6.45) is -1.47. The summed E-state index contributed by atoms with van der Waals surface area (Å²) < 4.78 is 89.7. The molecular formula is C22H24F4N2O4S. The zero-order valence-corrected chi connectivity index (χ0v) is 18.8. The van der Waals surface area contributed by atoms with Crippen LogP contribution in [0.4, 0.5) is 22.4 Å². The van der Waals surface area contributed by atoms with Gasteiger partial charge in [-0.05, 0) is 43.5 Å². The quantitative estimate of drug-likeness (QED) is 0.599. The molecule has 2 atom stereocenters. The molecule has 0 radical (unpaired) electrons. The number of amides is 1. The molecule has 1 heterocycles. The summed E-state index contributed by atoms with van der Waals surface area (Å²) in [4.78, 5) is 13.1.